The Labute approximate surface area is 95.1 Å². The third-order valence-electron chi connectivity index (χ3n) is 2.27. The van der Waals surface area contributed by atoms with E-state index in [4.69, 9.17) is 10.2 Å². The molecule has 0 unspecified atom stereocenters. The fourth-order valence-electron chi connectivity index (χ4n) is 1.49. The number of aromatic hydroxyl groups is 2. The highest BCUT2D eigenvalue weighted by Gasteiger charge is 2.07. The quantitative estimate of drug-likeness (QED) is 0.631. The molecule has 0 aliphatic carbocycles. The molecule has 4 nitrogen and oxygen atoms in total. The van der Waals surface area contributed by atoms with Crippen LogP contribution in [0.1, 0.15) is 5.56 Å². The highest BCUT2D eigenvalue weighted by molar-refractivity contribution is 5.38. The zero-order chi connectivity index (χ0) is 12.0. The molecule has 1 aromatic rings. The molecule has 3 N–H and O–H groups in total. The van der Waals surface area contributed by atoms with Gasteiger partial charge < -0.3 is 15.3 Å². The molecule has 0 amide bonds. The van der Waals surface area contributed by atoms with Crippen LogP contribution in [0, 0.1) is 0 Å². The van der Waals surface area contributed by atoms with E-state index in [9.17, 15) is 5.11 Å². The Bertz CT molecular complexity index is 352. The molecular formula is C12H17NO3. The summed E-state index contributed by atoms with van der Waals surface area (Å²) in [5, 5.41) is 27.6. The Balaban J connectivity index is 2.72. The van der Waals surface area contributed by atoms with Gasteiger partial charge in [-0.3, -0.25) is 4.90 Å². The van der Waals surface area contributed by atoms with Crippen molar-refractivity contribution in [2.24, 2.45) is 0 Å². The molecule has 0 aliphatic heterocycles. The van der Waals surface area contributed by atoms with Crippen LogP contribution in [0.3, 0.4) is 0 Å². The van der Waals surface area contributed by atoms with Crippen molar-refractivity contribution in [2.45, 2.75) is 6.54 Å². The lowest BCUT2D eigenvalue weighted by molar-refractivity contribution is 0.202. The van der Waals surface area contributed by atoms with Gasteiger partial charge in [-0.25, -0.2) is 0 Å². The first-order chi connectivity index (χ1) is 7.67. The van der Waals surface area contributed by atoms with Gasteiger partial charge in [0.2, 0.25) is 0 Å². The molecule has 1 aromatic carbocycles. The summed E-state index contributed by atoms with van der Waals surface area (Å²) in [6.07, 6.45) is 1.74. The zero-order valence-corrected chi connectivity index (χ0v) is 9.13. The van der Waals surface area contributed by atoms with E-state index < -0.39 is 0 Å². The van der Waals surface area contributed by atoms with Gasteiger partial charge in [0.05, 0.1) is 6.61 Å². The summed E-state index contributed by atoms with van der Waals surface area (Å²) in [6, 6.07) is 4.50. The number of phenolic OH excluding ortho intramolecular Hbond substituents is 2. The molecule has 0 saturated carbocycles. The maximum atomic E-state index is 9.60. The molecule has 16 heavy (non-hydrogen) atoms. The zero-order valence-electron chi connectivity index (χ0n) is 9.13. The first-order valence-electron chi connectivity index (χ1n) is 5.12. The second-order valence-corrected chi connectivity index (χ2v) is 3.56. The molecule has 0 fully saturated rings. The molecule has 4 heteroatoms. The minimum atomic E-state index is 0.0404. The van der Waals surface area contributed by atoms with Gasteiger partial charge in [0.15, 0.2) is 0 Å². The van der Waals surface area contributed by atoms with Crippen LogP contribution in [0.5, 0.6) is 11.5 Å². The van der Waals surface area contributed by atoms with Crippen molar-refractivity contribution >= 4 is 0 Å². The van der Waals surface area contributed by atoms with Gasteiger partial charge in [-0.15, -0.1) is 6.58 Å². The predicted octanol–water partition coefficient (Wildman–Crippen LogP) is 1.08. The minimum Gasteiger partial charge on any atom is -0.508 e. The predicted molar refractivity (Wildman–Crippen MR) is 62.3 cm³/mol. The van der Waals surface area contributed by atoms with Gasteiger partial charge in [-0.2, -0.15) is 0 Å². The molecule has 0 heterocycles. The van der Waals surface area contributed by atoms with Crippen molar-refractivity contribution in [3.63, 3.8) is 0 Å². The molecule has 0 saturated heterocycles. The molecule has 0 aromatic heterocycles. The van der Waals surface area contributed by atoms with Crippen LogP contribution in [0.4, 0.5) is 0 Å². The summed E-state index contributed by atoms with van der Waals surface area (Å²) in [4.78, 5) is 1.94. The largest absolute Gasteiger partial charge is 0.508 e. The van der Waals surface area contributed by atoms with Crippen molar-refractivity contribution in [1.82, 2.24) is 4.90 Å². The Morgan fingerprint density at radius 2 is 2.06 bits per heavy atom. The van der Waals surface area contributed by atoms with E-state index in [0.717, 1.165) is 0 Å². The molecule has 1 rings (SSSR count). The second-order valence-electron chi connectivity index (χ2n) is 3.56. The number of aliphatic hydroxyl groups is 1. The van der Waals surface area contributed by atoms with E-state index in [2.05, 4.69) is 6.58 Å². The number of hydrogen-bond donors (Lipinski definition) is 3. The lowest BCUT2D eigenvalue weighted by Crippen LogP contribution is -2.26. The van der Waals surface area contributed by atoms with Crippen LogP contribution >= 0.6 is 0 Å². The number of rotatable bonds is 6. The highest BCUT2D eigenvalue weighted by atomic mass is 16.3. The highest BCUT2D eigenvalue weighted by Crippen LogP contribution is 2.23. The Kier molecular flexibility index (Phi) is 4.82. The second kappa shape index (κ2) is 6.15. The number of aliphatic hydroxyl groups excluding tert-OH is 1. The smallest absolute Gasteiger partial charge is 0.123 e. The van der Waals surface area contributed by atoms with Gasteiger partial charge in [-0.05, 0) is 6.07 Å². The minimum absolute atomic E-state index is 0.0404. The summed E-state index contributed by atoms with van der Waals surface area (Å²) in [7, 11) is 0. The molecule has 88 valence electrons. The van der Waals surface area contributed by atoms with Gasteiger partial charge in [-0.1, -0.05) is 12.1 Å². The summed E-state index contributed by atoms with van der Waals surface area (Å²) in [5.74, 6) is 0.102. The number of benzene rings is 1. The van der Waals surface area contributed by atoms with Crippen LogP contribution < -0.4 is 0 Å². The monoisotopic (exact) mass is 223 g/mol. The van der Waals surface area contributed by atoms with Gasteiger partial charge >= 0.3 is 0 Å². The van der Waals surface area contributed by atoms with Gasteiger partial charge in [0.1, 0.15) is 11.5 Å². The fraction of sp³-hybridized carbons (Fsp3) is 0.333. The maximum absolute atomic E-state index is 9.60. The molecule has 0 radical (unpaired) electrons. The van der Waals surface area contributed by atoms with Crippen molar-refractivity contribution in [2.75, 3.05) is 19.7 Å². The maximum Gasteiger partial charge on any atom is 0.123 e. The van der Waals surface area contributed by atoms with Crippen LogP contribution in [0.25, 0.3) is 0 Å². The van der Waals surface area contributed by atoms with Crippen LogP contribution in [0.2, 0.25) is 0 Å². The molecule has 0 aliphatic rings. The van der Waals surface area contributed by atoms with Gasteiger partial charge in [0.25, 0.3) is 0 Å². The first kappa shape index (κ1) is 12.5. The Hall–Kier alpha value is -1.52. The summed E-state index contributed by atoms with van der Waals surface area (Å²) in [5.41, 5.74) is 0.716. The average Bonchev–Trinajstić information content (AvgIpc) is 2.23. The lowest BCUT2D eigenvalue weighted by atomic mass is 10.1. The third kappa shape index (κ3) is 3.56. The summed E-state index contributed by atoms with van der Waals surface area (Å²) < 4.78 is 0. The number of nitrogens with zero attached hydrogens (tertiary/aromatic N) is 1. The van der Waals surface area contributed by atoms with Crippen molar-refractivity contribution in [1.29, 1.82) is 0 Å². The van der Waals surface area contributed by atoms with E-state index in [1.807, 2.05) is 4.90 Å². The van der Waals surface area contributed by atoms with E-state index in [-0.39, 0.29) is 18.1 Å². The van der Waals surface area contributed by atoms with E-state index in [1.165, 1.54) is 12.1 Å². The van der Waals surface area contributed by atoms with Crippen LogP contribution in [0.15, 0.2) is 30.9 Å². The standard InChI is InChI=1S/C12H17NO3/c1-2-5-13(6-7-14)9-10-3-4-11(15)8-12(10)16/h2-4,8,14-16H,1,5-7,9H2. The van der Waals surface area contributed by atoms with Crippen molar-refractivity contribution in [3.8, 4) is 11.5 Å². The number of phenols is 2. The van der Waals surface area contributed by atoms with E-state index >= 15 is 0 Å². The number of hydrogen-bond acceptors (Lipinski definition) is 4. The fourth-order valence-corrected chi connectivity index (χ4v) is 1.49. The first-order valence-corrected chi connectivity index (χ1v) is 5.12. The molecule has 0 spiro atoms. The van der Waals surface area contributed by atoms with Crippen LogP contribution in [-0.4, -0.2) is 39.9 Å². The lowest BCUT2D eigenvalue weighted by Gasteiger charge is -2.19. The third-order valence-corrected chi connectivity index (χ3v) is 2.27. The molecule has 0 atom stereocenters. The normalized spacial score (nSPS) is 10.6. The van der Waals surface area contributed by atoms with Gasteiger partial charge in [0, 0.05) is 31.3 Å². The van der Waals surface area contributed by atoms with Crippen molar-refractivity contribution < 1.29 is 15.3 Å². The SMILES string of the molecule is C=CCN(CCO)Cc1ccc(O)cc1O. The Morgan fingerprint density at radius 1 is 1.31 bits per heavy atom. The summed E-state index contributed by atoms with van der Waals surface area (Å²) >= 11 is 0. The topological polar surface area (TPSA) is 63.9 Å². The Morgan fingerprint density at radius 3 is 2.62 bits per heavy atom. The average molecular weight is 223 g/mol. The molecule has 0 bridgehead atoms. The molecular weight excluding hydrogens is 206 g/mol. The van der Waals surface area contributed by atoms with Crippen molar-refractivity contribution in [3.05, 3.63) is 36.4 Å². The van der Waals surface area contributed by atoms with Crippen LogP contribution in [-0.2, 0) is 6.54 Å². The van der Waals surface area contributed by atoms with E-state index in [1.54, 1.807) is 12.1 Å². The van der Waals surface area contributed by atoms with E-state index in [0.29, 0.717) is 25.2 Å². The summed E-state index contributed by atoms with van der Waals surface area (Å²) in [6.45, 7) is 5.37.